The summed E-state index contributed by atoms with van der Waals surface area (Å²) in [5, 5.41) is 0. The Morgan fingerprint density at radius 1 is 1.00 bits per heavy atom. The van der Waals surface area contributed by atoms with Gasteiger partial charge in [-0.1, -0.05) is 18.2 Å². The molecule has 0 saturated carbocycles. The van der Waals surface area contributed by atoms with Crippen LogP contribution in [-0.2, 0) is 11.2 Å². The fourth-order valence-corrected chi connectivity index (χ4v) is 2.07. The van der Waals surface area contributed by atoms with Crippen molar-refractivity contribution in [2.45, 2.75) is 6.42 Å². The van der Waals surface area contributed by atoms with Crippen LogP contribution in [0.3, 0.4) is 0 Å². The number of hydrogen-bond donors (Lipinski definition) is 3. The van der Waals surface area contributed by atoms with Gasteiger partial charge in [0.25, 0.3) is 11.5 Å². The number of hydroxylamine groups is 1. The van der Waals surface area contributed by atoms with Gasteiger partial charge in [-0.05, 0) is 18.2 Å². The zero-order valence-corrected chi connectivity index (χ0v) is 11.8. The van der Waals surface area contributed by atoms with E-state index < -0.39 is 11.2 Å². The molecule has 0 aliphatic carbocycles. The second-order valence-electron chi connectivity index (χ2n) is 4.72. The van der Waals surface area contributed by atoms with Crippen LogP contribution in [-0.4, -0.2) is 20.9 Å². The lowest BCUT2D eigenvalue weighted by molar-refractivity contribution is -0.128. The number of aromatic amines is 2. The van der Waals surface area contributed by atoms with Gasteiger partial charge in [-0.2, -0.15) is 5.48 Å². The van der Waals surface area contributed by atoms with Crippen LogP contribution in [0.5, 0.6) is 5.75 Å². The molecule has 0 bridgehead atoms. The minimum Gasteiger partial charge on any atom is -0.379 e. The summed E-state index contributed by atoms with van der Waals surface area (Å²) in [7, 11) is 0. The minimum absolute atomic E-state index is 0.0938. The quantitative estimate of drug-likeness (QED) is 0.550. The van der Waals surface area contributed by atoms with Crippen molar-refractivity contribution in [3.63, 3.8) is 0 Å². The predicted molar refractivity (Wildman–Crippen MR) is 81.9 cm³/mol. The van der Waals surface area contributed by atoms with Gasteiger partial charge in [-0.3, -0.25) is 14.6 Å². The number of pyridine rings is 1. The number of aromatic nitrogens is 3. The van der Waals surface area contributed by atoms with Gasteiger partial charge in [-0.25, -0.2) is 9.78 Å². The van der Waals surface area contributed by atoms with Crippen LogP contribution in [0.15, 0.2) is 52.2 Å². The summed E-state index contributed by atoms with van der Waals surface area (Å²) in [6.45, 7) is 0. The number of H-pyrrole nitrogens is 2. The molecule has 1 aliphatic rings. The molecule has 0 fully saturated rings. The summed E-state index contributed by atoms with van der Waals surface area (Å²) in [5.41, 5.74) is 2.96. The van der Waals surface area contributed by atoms with Crippen molar-refractivity contribution in [2.24, 2.45) is 0 Å². The van der Waals surface area contributed by atoms with Crippen molar-refractivity contribution in [1.29, 1.82) is 0 Å². The molecule has 0 saturated heterocycles. The van der Waals surface area contributed by atoms with E-state index in [1.54, 1.807) is 12.1 Å². The number of hydrogen-bond acceptors (Lipinski definition) is 5. The lowest BCUT2D eigenvalue weighted by atomic mass is 10.1. The minimum atomic E-state index is -0.513. The van der Waals surface area contributed by atoms with E-state index in [1.807, 2.05) is 24.3 Å². The highest BCUT2D eigenvalue weighted by Crippen LogP contribution is 2.19. The lowest BCUT2D eigenvalue weighted by Crippen LogP contribution is -2.32. The zero-order chi connectivity index (χ0) is 16.2. The highest BCUT2D eigenvalue weighted by Gasteiger charge is 2.14. The third kappa shape index (κ3) is 3.26. The summed E-state index contributed by atoms with van der Waals surface area (Å²) in [5.74, 6) is 0.649. The number of nitrogens with one attached hydrogen (secondary N) is 3. The zero-order valence-electron chi connectivity index (χ0n) is 11.8. The van der Waals surface area contributed by atoms with Crippen molar-refractivity contribution >= 4 is 16.9 Å². The molecule has 0 spiro atoms. The van der Waals surface area contributed by atoms with E-state index in [9.17, 15) is 14.4 Å². The summed E-state index contributed by atoms with van der Waals surface area (Å²) < 4.78 is 0. The molecule has 2 aromatic heterocycles. The van der Waals surface area contributed by atoms with Crippen molar-refractivity contribution in [3.05, 3.63) is 69.0 Å². The number of carbonyl (C=O) groups excluding carboxylic acids is 1. The Kier molecular flexibility index (Phi) is 3.88. The first kappa shape index (κ1) is 14.5. The molecule has 1 aromatic carbocycles. The SMILES string of the molecule is O=C1Cc2ccccc2ON1.O=c1[nH]c(=O)c2ncccc2[nH]1. The molecule has 0 atom stereocenters. The van der Waals surface area contributed by atoms with Crippen LogP contribution in [0.2, 0.25) is 0 Å². The smallest absolute Gasteiger partial charge is 0.326 e. The maximum absolute atomic E-state index is 11.1. The second-order valence-corrected chi connectivity index (χ2v) is 4.72. The molecule has 1 amide bonds. The standard InChI is InChI=1S/C8H7NO2.C7H5N3O2/c10-8-5-6-3-1-2-4-7(6)11-9-8;11-6-5-4(2-1-3-8-5)9-7(12)10-6/h1-4H,5H2,(H,9,10);1-3H,(H2,9,10,11,12). The number of para-hydroxylation sites is 1. The second kappa shape index (κ2) is 6.14. The Balaban J connectivity index is 0.000000136. The third-order valence-corrected chi connectivity index (χ3v) is 3.10. The summed E-state index contributed by atoms with van der Waals surface area (Å²) in [6, 6.07) is 10.7. The Hall–Kier alpha value is -3.42. The molecular weight excluding hydrogens is 300 g/mol. The number of carbonyl (C=O) groups is 1. The molecule has 0 unspecified atom stereocenters. The van der Waals surface area contributed by atoms with Crippen LogP contribution in [0, 0.1) is 0 Å². The third-order valence-electron chi connectivity index (χ3n) is 3.10. The van der Waals surface area contributed by atoms with Crippen LogP contribution in [0.25, 0.3) is 11.0 Å². The molecule has 8 heteroatoms. The number of nitrogens with zero attached hydrogens (tertiary/aromatic N) is 1. The van der Waals surface area contributed by atoms with Crippen molar-refractivity contribution in [3.8, 4) is 5.75 Å². The van der Waals surface area contributed by atoms with Gasteiger partial charge < -0.3 is 9.82 Å². The van der Waals surface area contributed by atoms with Gasteiger partial charge in [0.2, 0.25) is 0 Å². The summed E-state index contributed by atoms with van der Waals surface area (Å²) >= 11 is 0. The van der Waals surface area contributed by atoms with Crippen molar-refractivity contribution in [2.75, 3.05) is 0 Å². The largest absolute Gasteiger partial charge is 0.379 e. The monoisotopic (exact) mass is 312 g/mol. The van der Waals surface area contributed by atoms with E-state index in [0.29, 0.717) is 11.9 Å². The van der Waals surface area contributed by atoms with Gasteiger partial charge in [0.05, 0.1) is 11.9 Å². The van der Waals surface area contributed by atoms with E-state index >= 15 is 0 Å². The van der Waals surface area contributed by atoms with Crippen molar-refractivity contribution in [1.82, 2.24) is 20.4 Å². The van der Waals surface area contributed by atoms with Crippen LogP contribution < -0.4 is 21.6 Å². The molecule has 1 aliphatic heterocycles. The molecule has 3 N–H and O–H groups in total. The Labute approximate surface area is 129 Å². The number of rotatable bonds is 0. The normalized spacial score (nSPS) is 12.4. The van der Waals surface area contributed by atoms with Gasteiger partial charge in [0, 0.05) is 11.8 Å². The number of amides is 1. The van der Waals surface area contributed by atoms with E-state index in [0.717, 1.165) is 11.3 Å². The van der Waals surface area contributed by atoms with Crippen LogP contribution in [0.4, 0.5) is 0 Å². The maximum atomic E-state index is 11.1. The molecule has 3 aromatic rings. The molecule has 116 valence electrons. The average Bonchev–Trinajstić information content (AvgIpc) is 2.55. The fourth-order valence-electron chi connectivity index (χ4n) is 2.07. The average molecular weight is 312 g/mol. The first-order chi connectivity index (χ1) is 11.1. The number of benzene rings is 1. The molecular formula is C15H12N4O4. The first-order valence-corrected chi connectivity index (χ1v) is 6.74. The van der Waals surface area contributed by atoms with E-state index in [-0.39, 0.29) is 11.4 Å². The summed E-state index contributed by atoms with van der Waals surface area (Å²) in [6.07, 6.45) is 1.91. The highest BCUT2D eigenvalue weighted by molar-refractivity contribution is 5.80. The molecule has 8 nitrogen and oxygen atoms in total. The number of fused-ring (bicyclic) bond motifs is 2. The maximum Gasteiger partial charge on any atom is 0.326 e. The van der Waals surface area contributed by atoms with Gasteiger partial charge in [0.1, 0.15) is 0 Å². The Bertz CT molecular complexity index is 977. The van der Waals surface area contributed by atoms with E-state index in [2.05, 4.69) is 20.4 Å². The summed E-state index contributed by atoms with van der Waals surface area (Å²) in [4.78, 5) is 45.9. The fraction of sp³-hybridized carbons (Fsp3) is 0.0667. The molecule has 23 heavy (non-hydrogen) atoms. The predicted octanol–water partition coefficient (Wildman–Crippen LogP) is 0.264. The van der Waals surface area contributed by atoms with Gasteiger partial charge >= 0.3 is 5.69 Å². The topological polar surface area (TPSA) is 117 Å². The Morgan fingerprint density at radius 3 is 2.70 bits per heavy atom. The Morgan fingerprint density at radius 2 is 1.83 bits per heavy atom. The van der Waals surface area contributed by atoms with E-state index in [1.165, 1.54) is 6.20 Å². The van der Waals surface area contributed by atoms with Gasteiger partial charge in [0.15, 0.2) is 11.3 Å². The van der Waals surface area contributed by atoms with Crippen molar-refractivity contribution < 1.29 is 9.63 Å². The molecule has 3 heterocycles. The molecule has 4 rings (SSSR count). The van der Waals surface area contributed by atoms with Crippen LogP contribution >= 0.6 is 0 Å². The van der Waals surface area contributed by atoms with Crippen LogP contribution in [0.1, 0.15) is 5.56 Å². The molecule has 0 radical (unpaired) electrons. The first-order valence-electron chi connectivity index (χ1n) is 6.74. The van der Waals surface area contributed by atoms with E-state index in [4.69, 9.17) is 4.84 Å². The van der Waals surface area contributed by atoms with Gasteiger partial charge in [-0.15, -0.1) is 0 Å². The highest BCUT2D eigenvalue weighted by atomic mass is 16.7. The lowest BCUT2D eigenvalue weighted by Gasteiger charge is -2.15.